The van der Waals surface area contributed by atoms with Crippen LogP contribution in [0.1, 0.15) is 54.5 Å². The number of ether oxygens (including phenoxy) is 2. The highest BCUT2D eigenvalue weighted by molar-refractivity contribution is 5.93. The second-order valence-electron chi connectivity index (χ2n) is 18.4. The van der Waals surface area contributed by atoms with E-state index in [1.54, 1.807) is 31.2 Å². The number of benzene rings is 5. The van der Waals surface area contributed by atoms with Gasteiger partial charge in [0, 0.05) is 74.9 Å². The number of aromatic nitrogens is 1. The molecule has 2 heterocycles. The second-order valence-corrected chi connectivity index (χ2v) is 18.4. The molecule has 8 N–H and O–H groups in total. The lowest BCUT2D eigenvalue weighted by Gasteiger charge is -2.31. The Balaban J connectivity index is 0.000000743. The largest absolute Gasteiger partial charge is 0.506 e. The van der Waals surface area contributed by atoms with E-state index in [0.717, 1.165) is 46.6 Å². The first-order valence-corrected chi connectivity index (χ1v) is 24.8. The van der Waals surface area contributed by atoms with E-state index in [4.69, 9.17) is 29.3 Å². The topological polar surface area (TPSA) is 260 Å². The molecule has 1 aromatic heterocycles. The van der Waals surface area contributed by atoms with E-state index in [0.29, 0.717) is 61.2 Å². The van der Waals surface area contributed by atoms with Crippen LogP contribution in [0.5, 0.6) is 11.5 Å². The van der Waals surface area contributed by atoms with Gasteiger partial charge in [-0.3, -0.25) is 19.7 Å². The van der Waals surface area contributed by atoms with E-state index in [2.05, 4.69) is 25.8 Å². The summed E-state index contributed by atoms with van der Waals surface area (Å²) in [4.78, 5) is 75.2. The van der Waals surface area contributed by atoms with Crippen molar-refractivity contribution >= 4 is 52.1 Å². The van der Waals surface area contributed by atoms with Gasteiger partial charge >= 0.3 is 30.4 Å². The summed E-state index contributed by atoms with van der Waals surface area (Å²) in [7, 11) is 3.37. The number of hydrogen-bond acceptors (Lipinski definition) is 12. The number of pyridine rings is 1. The number of fused-ring (bicyclic) bond motifs is 1. The molecule has 0 bridgehead atoms. The van der Waals surface area contributed by atoms with Crippen LogP contribution in [0.15, 0.2) is 126 Å². The number of carbonyl (C=O) groups excluding carboxylic acids is 3. The number of aromatic amines is 1. The third kappa shape index (κ3) is 19.2. The molecule has 428 valence electrons. The van der Waals surface area contributed by atoms with E-state index in [1.165, 1.54) is 12.1 Å². The van der Waals surface area contributed by atoms with Crippen molar-refractivity contribution < 1.29 is 80.2 Å². The fourth-order valence-electron chi connectivity index (χ4n) is 8.33. The lowest BCUT2D eigenvalue weighted by molar-refractivity contribution is -0.193. The summed E-state index contributed by atoms with van der Waals surface area (Å²) in [5.41, 5.74) is 6.56. The summed E-state index contributed by atoms with van der Waals surface area (Å²) < 4.78 is 74.9. The van der Waals surface area contributed by atoms with Gasteiger partial charge in [0.15, 0.2) is 0 Å². The molecule has 2 atom stereocenters. The summed E-state index contributed by atoms with van der Waals surface area (Å²) in [6, 6.07) is 36.8. The Morgan fingerprint density at radius 2 is 1.43 bits per heavy atom. The number of halogens is 6. The maximum atomic E-state index is 13.2. The number of carbonyl (C=O) groups is 5. The van der Waals surface area contributed by atoms with Crippen molar-refractivity contribution in [2.24, 2.45) is 0 Å². The number of hydrogen-bond donors (Lipinski definition) is 8. The highest BCUT2D eigenvalue weighted by Crippen LogP contribution is 2.30. The third-order valence-corrected chi connectivity index (χ3v) is 12.5. The van der Waals surface area contributed by atoms with Crippen LogP contribution in [0.2, 0.25) is 0 Å². The number of piperidine rings is 1. The van der Waals surface area contributed by atoms with Crippen molar-refractivity contribution in [1.82, 2.24) is 20.5 Å². The smallest absolute Gasteiger partial charge is 0.490 e. The Labute approximate surface area is 454 Å². The molecule has 6 aromatic rings. The molecular formula is C56H60F6N6O12. The predicted octanol–water partition coefficient (Wildman–Crippen LogP) is 8.36. The molecule has 24 heteroatoms. The maximum absolute atomic E-state index is 13.2. The lowest BCUT2D eigenvalue weighted by atomic mass is 10.00. The fourth-order valence-corrected chi connectivity index (χ4v) is 8.33. The minimum absolute atomic E-state index is 0.00473. The van der Waals surface area contributed by atoms with Crippen molar-refractivity contribution in [3.63, 3.8) is 0 Å². The number of aliphatic hydroxyl groups is 1. The molecule has 80 heavy (non-hydrogen) atoms. The minimum Gasteiger partial charge on any atom is -0.506 e. The van der Waals surface area contributed by atoms with Crippen LogP contribution in [0.4, 0.5) is 42.5 Å². The molecule has 0 saturated carbocycles. The number of nitrogens with zero attached hydrogens (tertiary/aromatic N) is 2. The van der Waals surface area contributed by atoms with Gasteiger partial charge < -0.3 is 55.3 Å². The number of H-pyrrole nitrogens is 1. The van der Waals surface area contributed by atoms with Crippen molar-refractivity contribution in [2.75, 3.05) is 50.6 Å². The number of phenols is 1. The molecule has 1 aliphatic heterocycles. The van der Waals surface area contributed by atoms with Gasteiger partial charge in [-0.1, -0.05) is 78.9 Å². The van der Waals surface area contributed by atoms with Gasteiger partial charge in [-0.2, -0.15) is 26.3 Å². The number of phenolic OH excluding ortho intramolecular Hbond substituents is 1. The van der Waals surface area contributed by atoms with Gasteiger partial charge in [-0.25, -0.2) is 14.4 Å². The highest BCUT2D eigenvalue weighted by Gasteiger charge is 2.39. The van der Waals surface area contributed by atoms with Gasteiger partial charge in [0.05, 0.1) is 30.8 Å². The van der Waals surface area contributed by atoms with Gasteiger partial charge in [0.2, 0.25) is 17.4 Å². The highest BCUT2D eigenvalue weighted by atomic mass is 19.4. The molecule has 0 spiro atoms. The standard InChI is InChI=1S/C52H58N6O8.2C2HF3O2/c1-34(53-33-46(60)42-18-20-45(59)51-43(42)19-22-48(61)56-51)29-38-30-36(15-21-47(38)65-3)31-49(62)54-32-35-13-16-39(17-14-35)57(2)50(63)25-28-58-26-23-40(24-27-58)66-52(64)55-44-12-8-7-11-41(44)37-9-5-4-6-10-37;2*3-2(4,5)1(6)7/h4-22,30,34,40,46,53,59-60H,23-29,31-33H2,1-3H3,(H,54,62)(H,55,64)(H,56,61);2*(H,6,7)/t34?,46-;;/m0../s1. The SMILES string of the molecule is COc1ccc(CC(=O)NCc2ccc(N(C)C(=O)CCN3CCC(OC(=O)Nc4ccccc4-c4ccccc4)CC3)cc2)cc1CC(C)NC[C@H](O)c1ccc(O)c2[nH]c(=O)ccc12.O=C(O)C(F)(F)F.O=C(O)C(F)(F)F. The first kappa shape index (κ1) is 62.4. The molecule has 1 saturated heterocycles. The van der Waals surface area contributed by atoms with E-state index < -0.39 is 36.5 Å². The van der Waals surface area contributed by atoms with Crippen LogP contribution in [0.3, 0.4) is 0 Å². The number of nitrogens with one attached hydrogen (secondary N) is 4. The van der Waals surface area contributed by atoms with E-state index in [-0.39, 0.29) is 53.8 Å². The number of amides is 3. The van der Waals surface area contributed by atoms with Crippen LogP contribution >= 0.6 is 0 Å². The van der Waals surface area contributed by atoms with E-state index in [1.807, 2.05) is 104 Å². The summed E-state index contributed by atoms with van der Waals surface area (Å²) in [6.45, 7) is 4.62. The Morgan fingerprint density at radius 1 is 0.812 bits per heavy atom. The van der Waals surface area contributed by atoms with Crippen LogP contribution in [0, 0.1) is 0 Å². The maximum Gasteiger partial charge on any atom is 0.490 e. The van der Waals surface area contributed by atoms with Crippen molar-refractivity contribution in [3.05, 3.63) is 154 Å². The average Bonchev–Trinajstić information content (AvgIpc) is 3.49. The van der Waals surface area contributed by atoms with Crippen LogP contribution < -0.4 is 31.1 Å². The predicted molar refractivity (Wildman–Crippen MR) is 284 cm³/mol. The van der Waals surface area contributed by atoms with Crippen molar-refractivity contribution in [3.8, 4) is 22.6 Å². The van der Waals surface area contributed by atoms with Gasteiger partial charge in [-0.05, 0) is 90.4 Å². The summed E-state index contributed by atoms with van der Waals surface area (Å²) in [6.07, 6.45) is -9.26. The number of aromatic hydroxyl groups is 1. The van der Waals surface area contributed by atoms with E-state index >= 15 is 0 Å². The van der Waals surface area contributed by atoms with Crippen molar-refractivity contribution in [2.45, 2.75) is 76.2 Å². The molecule has 1 unspecified atom stereocenters. The molecule has 1 fully saturated rings. The van der Waals surface area contributed by atoms with Crippen LogP contribution in [-0.2, 0) is 43.3 Å². The number of aliphatic hydroxyl groups excluding tert-OH is 1. The monoisotopic (exact) mass is 1120 g/mol. The molecule has 5 aromatic carbocycles. The average molecular weight is 1120 g/mol. The van der Waals surface area contributed by atoms with Gasteiger partial charge in [0.1, 0.15) is 17.6 Å². The number of aliphatic carboxylic acids is 2. The normalized spacial score (nSPS) is 13.5. The fraction of sp³-hybridized carbons (Fsp3) is 0.321. The first-order chi connectivity index (χ1) is 37.8. The quantitative estimate of drug-likeness (QED) is 0.0376. The Morgan fingerprint density at radius 3 is 2.05 bits per heavy atom. The lowest BCUT2D eigenvalue weighted by Crippen LogP contribution is -2.40. The molecular weight excluding hydrogens is 1060 g/mol. The van der Waals surface area contributed by atoms with Crippen molar-refractivity contribution in [1.29, 1.82) is 0 Å². The Hall–Kier alpha value is -8.48. The summed E-state index contributed by atoms with van der Waals surface area (Å²) >= 11 is 0. The zero-order valence-electron chi connectivity index (χ0n) is 43.6. The van der Waals surface area contributed by atoms with Gasteiger partial charge in [0.25, 0.3) is 0 Å². The third-order valence-electron chi connectivity index (χ3n) is 12.5. The number of alkyl halides is 6. The number of para-hydroxylation sites is 1. The zero-order valence-corrected chi connectivity index (χ0v) is 43.6. The molecule has 3 amide bonds. The minimum atomic E-state index is -5.08. The number of rotatable bonds is 18. The summed E-state index contributed by atoms with van der Waals surface area (Å²) in [5, 5.41) is 45.3. The number of carboxylic acid groups (broad SMARTS) is 2. The zero-order chi connectivity index (χ0) is 58.7. The first-order valence-electron chi connectivity index (χ1n) is 24.8. The Kier molecular flexibility index (Phi) is 22.6. The second kappa shape index (κ2) is 28.9. The summed E-state index contributed by atoms with van der Waals surface area (Å²) in [5.74, 6) is -5.03. The number of carboxylic acids is 2. The van der Waals surface area contributed by atoms with Crippen LogP contribution in [-0.4, -0.2) is 125 Å². The molecule has 7 rings (SSSR count). The van der Waals surface area contributed by atoms with Crippen LogP contribution in [0.25, 0.3) is 22.0 Å². The van der Waals surface area contributed by atoms with E-state index in [9.17, 15) is 55.7 Å². The number of anilines is 2. The van der Waals surface area contributed by atoms with Gasteiger partial charge in [-0.15, -0.1) is 0 Å². The number of likely N-dealkylation sites (tertiary alicyclic amines) is 1. The molecule has 0 aliphatic carbocycles. The Bertz CT molecular complexity index is 3090. The molecule has 18 nitrogen and oxygen atoms in total. The number of methoxy groups -OCH3 is 1. The molecule has 0 radical (unpaired) electrons. The molecule has 1 aliphatic rings.